The second-order valence-electron chi connectivity index (χ2n) is 6.24. The molecule has 5 nitrogen and oxygen atoms in total. The number of hydrogen-bond donors (Lipinski definition) is 0. The smallest absolute Gasteiger partial charge is 0.547 e. The van der Waals surface area contributed by atoms with Crippen LogP contribution in [-0.4, -0.2) is 24.5 Å². The molecule has 2 unspecified atom stereocenters. The van der Waals surface area contributed by atoms with Gasteiger partial charge in [0.2, 0.25) is 0 Å². The molecule has 0 N–H and O–H groups in total. The van der Waals surface area contributed by atoms with Gasteiger partial charge in [0.05, 0.1) is 5.97 Å². The maximum Gasteiger partial charge on any atom is 1.00 e. The Morgan fingerprint density at radius 3 is 2.30 bits per heavy atom. The van der Waals surface area contributed by atoms with Gasteiger partial charge in [-0.3, -0.25) is 0 Å². The molecule has 0 aliphatic carbocycles. The van der Waals surface area contributed by atoms with Gasteiger partial charge in [-0.1, -0.05) is 42.5 Å². The standard InChI is InChI=1S/C21H24O5.K/c1-3-26-21(2,20(23)24)13-18(14-22)17-9-11-19(12-10-17)25-15-16-7-5-4-6-8-16;/h4-12,14,18H,3,13,15H2,1-2H3,(H,23,24);/q;+1/p-1. The first-order chi connectivity index (χ1) is 12.5. The second-order valence-corrected chi connectivity index (χ2v) is 6.24. The fraction of sp³-hybridized carbons (Fsp3) is 0.333. The van der Waals surface area contributed by atoms with Crippen LogP contribution in [0.5, 0.6) is 5.75 Å². The first kappa shape index (κ1) is 24.0. The van der Waals surface area contributed by atoms with Crippen molar-refractivity contribution >= 4 is 12.3 Å². The van der Waals surface area contributed by atoms with Crippen molar-refractivity contribution in [2.45, 2.75) is 38.4 Å². The predicted molar refractivity (Wildman–Crippen MR) is 95.7 cm³/mol. The molecule has 27 heavy (non-hydrogen) atoms. The van der Waals surface area contributed by atoms with Crippen molar-refractivity contribution < 1.29 is 75.6 Å². The summed E-state index contributed by atoms with van der Waals surface area (Å²) in [5, 5.41) is 11.4. The fourth-order valence-electron chi connectivity index (χ4n) is 2.74. The summed E-state index contributed by atoms with van der Waals surface area (Å²) in [4.78, 5) is 22.9. The molecule has 2 rings (SSSR count). The topological polar surface area (TPSA) is 75.7 Å². The third-order valence-corrected chi connectivity index (χ3v) is 4.22. The number of aldehydes is 1. The van der Waals surface area contributed by atoms with Crippen LogP contribution in [0.15, 0.2) is 54.6 Å². The zero-order valence-electron chi connectivity index (χ0n) is 16.0. The summed E-state index contributed by atoms with van der Waals surface area (Å²) in [7, 11) is 0. The van der Waals surface area contributed by atoms with Crippen molar-refractivity contribution in [3.05, 3.63) is 65.7 Å². The average Bonchev–Trinajstić information content (AvgIpc) is 2.66. The largest absolute Gasteiger partial charge is 1.00 e. The summed E-state index contributed by atoms with van der Waals surface area (Å²) in [6.45, 7) is 3.81. The van der Waals surface area contributed by atoms with Gasteiger partial charge in [-0.15, -0.1) is 0 Å². The third-order valence-electron chi connectivity index (χ3n) is 4.22. The van der Waals surface area contributed by atoms with E-state index < -0.39 is 17.5 Å². The van der Waals surface area contributed by atoms with Gasteiger partial charge in [0, 0.05) is 12.5 Å². The van der Waals surface area contributed by atoms with E-state index >= 15 is 0 Å². The van der Waals surface area contributed by atoms with E-state index in [-0.39, 0.29) is 64.4 Å². The van der Waals surface area contributed by atoms with Gasteiger partial charge in [0.15, 0.2) is 0 Å². The van der Waals surface area contributed by atoms with Crippen molar-refractivity contribution in [1.82, 2.24) is 0 Å². The SMILES string of the molecule is CCOC(C)(CC(C=O)c1ccc(OCc2ccccc2)cc1)C(=O)[O-].[K+]. The van der Waals surface area contributed by atoms with Crippen LogP contribution in [0.1, 0.15) is 37.3 Å². The molecule has 0 radical (unpaired) electrons. The Kier molecular flexibility index (Phi) is 10.4. The maximum absolute atomic E-state index is 11.5. The first-order valence-electron chi connectivity index (χ1n) is 8.56. The predicted octanol–water partition coefficient (Wildman–Crippen LogP) is -0.513. The number of benzene rings is 2. The molecule has 0 saturated carbocycles. The Hall–Kier alpha value is -1.02. The molecule has 0 spiro atoms. The van der Waals surface area contributed by atoms with E-state index in [2.05, 4.69) is 0 Å². The molecule has 0 aliphatic heterocycles. The van der Waals surface area contributed by atoms with Crippen LogP contribution in [0.4, 0.5) is 0 Å². The molecule has 0 aromatic heterocycles. The van der Waals surface area contributed by atoms with Gasteiger partial charge in [-0.25, -0.2) is 0 Å². The Balaban J connectivity index is 0.00000364. The Bertz CT molecular complexity index is 717. The van der Waals surface area contributed by atoms with Crippen LogP contribution in [-0.2, 0) is 20.9 Å². The summed E-state index contributed by atoms with van der Waals surface area (Å²) in [6.07, 6.45) is 0.747. The summed E-state index contributed by atoms with van der Waals surface area (Å²) in [5.41, 5.74) is 0.256. The van der Waals surface area contributed by atoms with Gasteiger partial charge < -0.3 is 24.2 Å². The van der Waals surface area contributed by atoms with Crippen molar-refractivity contribution in [2.24, 2.45) is 0 Å². The molecular formula is C21H23KO5. The molecule has 0 saturated heterocycles. The number of carbonyl (C=O) groups excluding carboxylic acids is 2. The van der Waals surface area contributed by atoms with Crippen molar-refractivity contribution in [2.75, 3.05) is 6.61 Å². The van der Waals surface area contributed by atoms with Gasteiger partial charge >= 0.3 is 51.4 Å². The number of carboxylic acids is 1. The molecular weight excluding hydrogens is 371 g/mol. The maximum atomic E-state index is 11.5. The molecule has 0 aliphatic rings. The Labute approximate surface area is 202 Å². The van der Waals surface area contributed by atoms with E-state index in [9.17, 15) is 14.7 Å². The van der Waals surface area contributed by atoms with E-state index in [0.717, 1.165) is 11.8 Å². The van der Waals surface area contributed by atoms with Crippen molar-refractivity contribution in [3.8, 4) is 5.75 Å². The number of hydrogen-bond acceptors (Lipinski definition) is 5. The monoisotopic (exact) mass is 394 g/mol. The number of carboxylic acid groups (broad SMARTS) is 1. The van der Waals surface area contributed by atoms with Gasteiger partial charge in [-0.05, 0) is 43.5 Å². The van der Waals surface area contributed by atoms with Crippen LogP contribution in [0.25, 0.3) is 0 Å². The minimum Gasteiger partial charge on any atom is -0.547 e. The van der Waals surface area contributed by atoms with E-state index in [1.807, 2.05) is 30.3 Å². The molecule has 2 atom stereocenters. The molecule has 0 fully saturated rings. The minimum atomic E-state index is -1.51. The first-order valence-corrected chi connectivity index (χ1v) is 8.56. The quantitative estimate of drug-likeness (QED) is 0.401. The zero-order chi connectivity index (χ0) is 19.0. The average molecular weight is 395 g/mol. The molecule has 0 amide bonds. The molecule has 2 aromatic carbocycles. The number of rotatable bonds is 10. The molecule has 0 bridgehead atoms. The summed E-state index contributed by atoms with van der Waals surface area (Å²) in [6, 6.07) is 16.9. The zero-order valence-corrected chi connectivity index (χ0v) is 19.1. The van der Waals surface area contributed by atoms with E-state index in [1.54, 1.807) is 31.2 Å². The molecule has 2 aromatic rings. The van der Waals surface area contributed by atoms with Gasteiger partial charge in [-0.2, -0.15) is 0 Å². The fourth-order valence-corrected chi connectivity index (χ4v) is 2.74. The third kappa shape index (κ3) is 7.14. The molecule has 6 heteroatoms. The van der Waals surface area contributed by atoms with E-state index in [4.69, 9.17) is 9.47 Å². The van der Waals surface area contributed by atoms with Gasteiger partial charge in [0.25, 0.3) is 0 Å². The van der Waals surface area contributed by atoms with Crippen molar-refractivity contribution in [3.63, 3.8) is 0 Å². The van der Waals surface area contributed by atoms with Crippen molar-refractivity contribution in [1.29, 1.82) is 0 Å². The normalized spacial score (nSPS) is 13.7. The minimum absolute atomic E-state index is 0. The van der Waals surface area contributed by atoms with Crippen LogP contribution in [0.2, 0.25) is 0 Å². The van der Waals surface area contributed by atoms with Gasteiger partial charge in [0.1, 0.15) is 24.2 Å². The Morgan fingerprint density at radius 1 is 1.15 bits per heavy atom. The van der Waals surface area contributed by atoms with Crippen LogP contribution >= 0.6 is 0 Å². The summed E-state index contributed by atoms with van der Waals surface area (Å²) in [5.74, 6) is -1.25. The summed E-state index contributed by atoms with van der Waals surface area (Å²) >= 11 is 0. The van der Waals surface area contributed by atoms with Crippen LogP contribution in [0, 0.1) is 0 Å². The molecule has 138 valence electrons. The molecule has 0 heterocycles. The van der Waals surface area contributed by atoms with Crippen LogP contribution in [0.3, 0.4) is 0 Å². The van der Waals surface area contributed by atoms with E-state index in [0.29, 0.717) is 17.9 Å². The Morgan fingerprint density at radius 2 is 1.78 bits per heavy atom. The number of ether oxygens (including phenoxy) is 2. The van der Waals surface area contributed by atoms with Crippen LogP contribution < -0.4 is 61.2 Å². The second kappa shape index (κ2) is 11.7. The number of carbonyl (C=O) groups is 2. The van der Waals surface area contributed by atoms with E-state index in [1.165, 1.54) is 6.92 Å². The number of aliphatic carboxylic acids is 1. The summed E-state index contributed by atoms with van der Waals surface area (Å²) < 4.78 is 11.0.